The molecule has 2 aromatic heterocycles. The Labute approximate surface area is 134 Å². The number of hydrogen-bond donors (Lipinski definition) is 1. The molecule has 0 spiro atoms. The number of carbonyl (C=O) groups excluding carboxylic acids is 1. The van der Waals surface area contributed by atoms with Crippen LogP contribution >= 0.6 is 11.3 Å². The molecule has 118 valence electrons. The Bertz CT molecular complexity index is 616. The van der Waals surface area contributed by atoms with Crippen LogP contribution in [0.2, 0.25) is 0 Å². The third-order valence-corrected chi connectivity index (χ3v) is 4.99. The second kappa shape index (κ2) is 6.62. The van der Waals surface area contributed by atoms with Gasteiger partial charge in [-0.25, -0.2) is 0 Å². The minimum Gasteiger partial charge on any atom is -0.361 e. The lowest BCUT2D eigenvalue weighted by molar-refractivity contribution is -0.121. The smallest absolute Gasteiger partial charge is 0.225 e. The summed E-state index contributed by atoms with van der Waals surface area (Å²) in [6.07, 6.45) is 1.48. The summed E-state index contributed by atoms with van der Waals surface area (Å²) in [5, 5.41) is 9.14. The highest BCUT2D eigenvalue weighted by molar-refractivity contribution is 7.10. The van der Waals surface area contributed by atoms with Crippen molar-refractivity contribution in [2.45, 2.75) is 39.3 Å². The molecule has 0 bridgehead atoms. The molecule has 0 saturated carbocycles. The van der Waals surface area contributed by atoms with Crippen molar-refractivity contribution in [2.24, 2.45) is 0 Å². The molecule has 1 unspecified atom stereocenters. The molecule has 1 aliphatic heterocycles. The first-order valence-electron chi connectivity index (χ1n) is 7.57. The number of aryl methyl sites for hydroxylation is 2. The van der Waals surface area contributed by atoms with E-state index in [9.17, 15) is 4.79 Å². The Balaban J connectivity index is 1.49. The van der Waals surface area contributed by atoms with Gasteiger partial charge in [-0.05, 0) is 31.7 Å². The lowest BCUT2D eigenvalue weighted by Gasteiger charge is -2.16. The third-order valence-electron chi connectivity index (χ3n) is 4.12. The van der Waals surface area contributed by atoms with Gasteiger partial charge in [-0.2, -0.15) is 0 Å². The van der Waals surface area contributed by atoms with Gasteiger partial charge in [0, 0.05) is 36.1 Å². The summed E-state index contributed by atoms with van der Waals surface area (Å²) in [7, 11) is 0. The van der Waals surface area contributed by atoms with Crippen molar-refractivity contribution in [3.05, 3.63) is 39.4 Å². The van der Waals surface area contributed by atoms with Gasteiger partial charge in [-0.1, -0.05) is 11.2 Å². The molecule has 22 heavy (non-hydrogen) atoms. The molecule has 6 heteroatoms. The number of amides is 1. The summed E-state index contributed by atoms with van der Waals surface area (Å²) >= 11 is 1.63. The van der Waals surface area contributed by atoms with Gasteiger partial charge in [-0.15, -0.1) is 11.3 Å². The fourth-order valence-corrected chi connectivity index (χ4v) is 3.60. The van der Waals surface area contributed by atoms with Crippen LogP contribution in [0.1, 0.15) is 28.3 Å². The highest BCUT2D eigenvalue weighted by atomic mass is 32.1. The van der Waals surface area contributed by atoms with Crippen LogP contribution in [0.25, 0.3) is 0 Å². The predicted molar refractivity (Wildman–Crippen MR) is 85.8 cm³/mol. The molecule has 5 nitrogen and oxygen atoms in total. The van der Waals surface area contributed by atoms with Gasteiger partial charge in [0.05, 0.1) is 12.1 Å². The van der Waals surface area contributed by atoms with Crippen molar-refractivity contribution in [2.75, 3.05) is 13.1 Å². The first-order valence-corrected chi connectivity index (χ1v) is 8.45. The van der Waals surface area contributed by atoms with Gasteiger partial charge >= 0.3 is 0 Å². The number of nitrogens with zero attached hydrogens (tertiary/aromatic N) is 2. The van der Waals surface area contributed by atoms with Crippen molar-refractivity contribution >= 4 is 17.2 Å². The van der Waals surface area contributed by atoms with Gasteiger partial charge < -0.3 is 9.84 Å². The number of rotatable bonds is 5. The summed E-state index contributed by atoms with van der Waals surface area (Å²) in [5.41, 5.74) is 2.13. The molecule has 1 N–H and O–H groups in total. The van der Waals surface area contributed by atoms with Crippen LogP contribution in [0.4, 0.5) is 0 Å². The van der Waals surface area contributed by atoms with Crippen molar-refractivity contribution < 1.29 is 9.32 Å². The first kappa shape index (κ1) is 15.2. The Kier molecular flexibility index (Phi) is 4.59. The molecule has 0 radical (unpaired) electrons. The fourth-order valence-electron chi connectivity index (χ4n) is 2.90. The molecule has 1 amide bonds. The van der Waals surface area contributed by atoms with Crippen LogP contribution in [-0.2, 0) is 17.8 Å². The molecular weight excluding hydrogens is 298 g/mol. The number of aromatic nitrogens is 1. The van der Waals surface area contributed by atoms with Crippen LogP contribution in [0.3, 0.4) is 0 Å². The summed E-state index contributed by atoms with van der Waals surface area (Å²) < 4.78 is 5.21. The van der Waals surface area contributed by atoms with Gasteiger partial charge in [-0.3, -0.25) is 9.69 Å². The van der Waals surface area contributed by atoms with Gasteiger partial charge in [0.25, 0.3) is 0 Å². The van der Waals surface area contributed by atoms with E-state index in [1.165, 1.54) is 5.56 Å². The number of thiophene rings is 1. The van der Waals surface area contributed by atoms with Crippen molar-refractivity contribution in [3.63, 3.8) is 0 Å². The molecule has 1 saturated heterocycles. The average molecular weight is 319 g/mol. The van der Waals surface area contributed by atoms with E-state index >= 15 is 0 Å². The van der Waals surface area contributed by atoms with Gasteiger partial charge in [0.15, 0.2) is 0 Å². The summed E-state index contributed by atoms with van der Waals surface area (Å²) in [4.78, 5) is 15.5. The molecule has 2 aromatic rings. The van der Waals surface area contributed by atoms with Crippen molar-refractivity contribution in [3.8, 4) is 0 Å². The zero-order valence-corrected chi connectivity index (χ0v) is 13.8. The monoisotopic (exact) mass is 319 g/mol. The van der Waals surface area contributed by atoms with Crippen LogP contribution < -0.4 is 5.32 Å². The van der Waals surface area contributed by atoms with E-state index in [1.54, 1.807) is 11.3 Å². The molecule has 1 atom stereocenters. The molecular formula is C16H21N3O2S. The highest BCUT2D eigenvalue weighted by Crippen LogP contribution is 2.19. The van der Waals surface area contributed by atoms with Crippen LogP contribution in [0.5, 0.6) is 0 Å². The summed E-state index contributed by atoms with van der Waals surface area (Å²) in [6.45, 7) is 6.65. The summed E-state index contributed by atoms with van der Waals surface area (Å²) in [6, 6.07) is 4.23. The number of likely N-dealkylation sites (tertiary alicyclic amines) is 1. The zero-order valence-electron chi connectivity index (χ0n) is 13.0. The molecule has 3 heterocycles. The molecule has 1 aliphatic rings. The van der Waals surface area contributed by atoms with Gasteiger partial charge in [0.1, 0.15) is 5.76 Å². The quantitative estimate of drug-likeness (QED) is 0.918. The lowest BCUT2D eigenvalue weighted by atomic mass is 10.2. The standard InChI is InChI=1S/C16H21N3O2S/c1-11-15(12(2)21-18-11)10-19-6-5-13(9-19)17-16(20)8-14-4-3-7-22-14/h3-4,7,13H,5-6,8-10H2,1-2H3,(H,17,20). The maximum absolute atomic E-state index is 12.1. The minimum absolute atomic E-state index is 0.117. The maximum Gasteiger partial charge on any atom is 0.225 e. The largest absolute Gasteiger partial charge is 0.361 e. The molecule has 0 aromatic carbocycles. The SMILES string of the molecule is Cc1noc(C)c1CN1CCC(NC(=O)Cc2cccs2)C1. The molecule has 1 fully saturated rings. The maximum atomic E-state index is 12.1. The Morgan fingerprint density at radius 2 is 2.41 bits per heavy atom. The van der Waals surface area contributed by atoms with Crippen molar-refractivity contribution in [1.82, 2.24) is 15.4 Å². The molecule has 0 aliphatic carbocycles. The Morgan fingerprint density at radius 3 is 3.09 bits per heavy atom. The normalized spacial score (nSPS) is 18.7. The number of hydrogen-bond acceptors (Lipinski definition) is 5. The Morgan fingerprint density at radius 1 is 1.55 bits per heavy atom. The summed E-state index contributed by atoms with van der Waals surface area (Å²) in [5.74, 6) is 1.01. The van der Waals surface area contributed by atoms with E-state index in [-0.39, 0.29) is 11.9 Å². The highest BCUT2D eigenvalue weighted by Gasteiger charge is 2.25. The molecule has 3 rings (SSSR count). The van der Waals surface area contributed by atoms with E-state index in [0.717, 1.165) is 42.4 Å². The van der Waals surface area contributed by atoms with Crippen molar-refractivity contribution in [1.29, 1.82) is 0 Å². The number of nitrogens with one attached hydrogen (secondary N) is 1. The average Bonchev–Trinajstić information content (AvgIpc) is 3.19. The zero-order chi connectivity index (χ0) is 15.5. The van der Waals surface area contributed by atoms with Gasteiger partial charge in [0.2, 0.25) is 5.91 Å². The van der Waals surface area contributed by atoms with E-state index in [0.29, 0.717) is 6.42 Å². The van der Waals surface area contributed by atoms with E-state index in [1.807, 2.05) is 31.4 Å². The topological polar surface area (TPSA) is 58.4 Å². The van der Waals surface area contributed by atoms with E-state index in [2.05, 4.69) is 15.4 Å². The Hall–Kier alpha value is -1.66. The predicted octanol–water partition coefficient (Wildman–Crippen LogP) is 2.29. The van der Waals surface area contributed by atoms with Crippen LogP contribution in [0.15, 0.2) is 22.0 Å². The number of carbonyl (C=O) groups is 1. The minimum atomic E-state index is 0.117. The third kappa shape index (κ3) is 3.56. The van der Waals surface area contributed by atoms with Crippen LogP contribution in [0, 0.1) is 13.8 Å². The second-order valence-electron chi connectivity index (χ2n) is 5.85. The van der Waals surface area contributed by atoms with E-state index in [4.69, 9.17) is 4.52 Å². The first-order chi connectivity index (χ1) is 10.6. The fraction of sp³-hybridized carbons (Fsp3) is 0.500. The van der Waals surface area contributed by atoms with E-state index < -0.39 is 0 Å². The van der Waals surface area contributed by atoms with Crippen LogP contribution in [-0.4, -0.2) is 35.1 Å². The lowest BCUT2D eigenvalue weighted by Crippen LogP contribution is -2.37. The second-order valence-corrected chi connectivity index (χ2v) is 6.88.